The molecule has 1 saturated heterocycles. The normalized spacial score (nSPS) is 21.6. The molecular formula is C14H16F2N2O3. The molecule has 2 unspecified atom stereocenters. The lowest BCUT2D eigenvalue weighted by Crippen LogP contribution is -2.40. The molecule has 0 spiro atoms. The monoisotopic (exact) mass is 298 g/mol. The summed E-state index contributed by atoms with van der Waals surface area (Å²) in [6.45, 7) is 3.74. The molecule has 0 aromatic heterocycles. The summed E-state index contributed by atoms with van der Waals surface area (Å²) in [6, 6.07) is 1.07. The standard InChI is InChI=1S/C14H16F2N2O3/c1-3-10-5-4-8(2)17(10)14(19)11-6-9(15)7-12(13(11)16)18(20)21/h6-8,10H,3-5H2,1-2H3. The fourth-order valence-corrected chi connectivity index (χ4v) is 2.84. The lowest BCUT2D eigenvalue weighted by Gasteiger charge is -2.28. The predicted octanol–water partition coefficient (Wildman–Crippen LogP) is 3.28. The molecule has 1 aliphatic heterocycles. The Morgan fingerprint density at radius 3 is 2.67 bits per heavy atom. The molecule has 0 bridgehead atoms. The summed E-state index contributed by atoms with van der Waals surface area (Å²) >= 11 is 0. The highest BCUT2D eigenvalue weighted by molar-refractivity contribution is 5.95. The van der Waals surface area contributed by atoms with Crippen LogP contribution in [0.1, 0.15) is 43.5 Å². The molecular weight excluding hydrogens is 282 g/mol. The van der Waals surface area contributed by atoms with Gasteiger partial charge in [0.05, 0.1) is 16.6 Å². The number of carbonyl (C=O) groups is 1. The van der Waals surface area contributed by atoms with Gasteiger partial charge >= 0.3 is 5.69 Å². The third kappa shape index (κ3) is 2.72. The Balaban J connectivity index is 2.46. The van der Waals surface area contributed by atoms with E-state index >= 15 is 0 Å². The van der Waals surface area contributed by atoms with Crippen molar-refractivity contribution in [1.29, 1.82) is 0 Å². The van der Waals surface area contributed by atoms with Crippen LogP contribution >= 0.6 is 0 Å². The number of amides is 1. The molecule has 1 fully saturated rings. The summed E-state index contributed by atoms with van der Waals surface area (Å²) in [7, 11) is 0. The fraction of sp³-hybridized carbons (Fsp3) is 0.500. The number of nitro benzene ring substituents is 1. The van der Waals surface area contributed by atoms with Crippen LogP contribution in [-0.2, 0) is 0 Å². The van der Waals surface area contributed by atoms with Gasteiger partial charge in [0.2, 0.25) is 5.82 Å². The topological polar surface area (TPSA) is 63.5 Å². The number of hydrogen-bond donors (Lipinski definition) is 0. The van der Waals surface area contributed by atoms with E-state index in [1.807, 2.05) is 13.8 Å². The highest BCUT2D eigenvalue weighted by Gasteiger charge is 2.36. The first-order chi connectivity index (χ1) is 9.86. The van der Waals surface area contributed by atoms with Crippen molar-refractivity contribution in [3.8, 4) is 0 Å². The minimum Gasteiger partial charge on any atom is -0.333 e. The molecule has 2 atom stereocenters. The van der Waals surface area contributed by atoms with Crippen LogP contribution in [0.3, 0.4) is 0 Å². The van der Waals surface area contributed by atoms with Crippen molar-refractivity contribution in [2.24, 2.45) is 0 Å². The Labute approximate surface area is 120 Å². The summed E-state index contributed by atoms with van der Waals surface area (Å²) in [5.41, 5.74) is -1.59. The molecule has 0 aliphatic carbocycles. The zero-order chi connectivity index (χ0) is 15.7. The van der Waals surface area contributed by atoms with Crippen LogP contribution in [0.15, 0.2) is 12.1 Å². The summed E-state index contributed by atoms with van der Waals surface area (Å²) in [5, 5.41) is 10.7. The maximum Gasteiger partial charge on any atom is 0.308 e. The van der Waals surface area contributed by atoms with Gasteiger partial charge in [-0.1, -0.05) is 6.92 Å². The first-order valence-electron chi connectivity index (χ1n) is 6.82. The first kappa shape index (κ1) is 15.3. The lowest BCUT2D eigenvalue weighted by molar-refractivity contribution is -0.387. The SMILES string of the molecule is CCC1CCC(C)N1C(=O)c1cc(F)cc([N+](=O)[O-])c1F. The Kier molecular flexibility index (Phi) is 4.20. The molecule has 1 amide bonds. The summed E-state index contributed by atoms with van der Waals surface area (Å²) in [6.07, 6.45) is 2.28. The van der Waals surface area contributed by atoms with Crippen LogP contribution in [0.25, 0.3) is 0 Å². The zero-order valence-electron chi connectivity index (χ0n) is 11.8. The van der Waals surface area contributed by atoms with E-state index < -0.39 is 33.7 Å². The molecule has 0 N–H and O–H groups in total. The van der Waals surface area contributed by atoms with Gasteiger partial charge < -0.3 is 4.90 Å². The Bertz CT molecular complexity index is 592. The van der Waals surface area contributed by atoms with E-state index in [0.717, 1.165) is 18.9 Å². The number of rotatable bonds is 3. The first-order valence-corrected chi connectivity index (χ1v) is 6.82. The maximum absolute atomic E-state index is 14.1. The van der Waals surface area contributed by atoms with E-state index in [2.05, 4.69) is 0 Å². The maximum atomic E-state index is 14.1. The number of carbonyl (C=O) groups excluding carboxylic acids is 1. The second-order valence-electron chi connectivity index (χ2n) is 5.24. The van der Waals surface area contributed by atoms with Gasteiger partial charge in [0.1, 0.15) is 5.82 Å². The zero-order valence-corrected chi connectivity index (χ0v) is 11.8. The van der Waals surface area contributed by atoms with Crippen LogP contribution in [0.4, 0.5) is 14.5 Å². The van der Waals surface area contributed by atoms with Gasteiger partial charge in [0.25, 0.3) is 5.91 Å². The van der Waals surface area contributed by atoms with Gasteiger partial charge in [-0.05, 0) is 32.3 Å². The summed E-state index contributed by atoms with van der Waals surface area (Å²) < 4.78 is 27.6. The second kappa shape index (κ2) is 5.75. The van der Waals surface area contributed by atoms with Crippen molar-refractivity contribution in [2.45, 2.75) is 45.2 Å². The van der Waals surface area contributed by atoms with E-state index in [1.165, 1.54) is 4.90 Å². The van der Waals surface area contributed by atoms with Crippen molar-refractivity contribution in [3.63, 3.8) is 0 Å². The van der Waals surface area contributed by atoms with Crippen LogP contribution in [0.5, 0.6) is 0 Å². The van der Waals surface area contributed by atoms with Gasteiger partial charge in [0.15, 0.2) is 0 Å². The van der Waals surface area contributed by atoms with Crippen molar-refractivity contribution in [1.82, 2.24) is 4.90 Å². The molecule has 1 heterocycles. The van der Waals surface area contributed by atoms with Crippen molar-refractivity contribution < 1.29 is 18.5 Å². The molecule has 5 nitrogen and oxygen atoms in total. The van der Waals surface area contributed by atoms with E-state index in [-0.39, 0.29) is 12.1 Å². The minimum absolute atomic E-state index is 0.0470. The predicted molar refractivity (Wildman–Crippen MR) is 72.0 cm³/mol. The molecule has 1 aromatic carbocycles. The smallest absolute Gasteiger partial charge is 0.308 e. The van der Waals surface area contributed by atoms with Gasteiger partial charge in [-0.15, -0.1) is 0 Å². The van der Waals surface area contributed by atoms with Crippen molar-refractivity contribution >= 4 is 11.6 Å². The Morgan fingerprint density at radius 1 is 1.43 bits per heavy atom. The number of nitrogens with zero attached hydrogens (tertiary/aromatic N) is 2. The van der Waals surface area contributed by atoms with Crippen molar-refractivity contribution in [2.75, 3.05) is 0 Å². The minimum atomic E-state index is -1.28. The number of nitro groups is 1. The average Bonchev–Trinajstić information content (AvgIpc) is 2.81. The highest BCUT2D eigenvalue weighted by atomic mass is 19.1. The molecule has 21 heavy (non-hydrogen) atoms. The molecule has 0 saturated carbocycles. The van der Waals surface area contributed by atoms with E-state index in [1.54, 1.807) is 0 Å². The van der Waals surface area contributed by atoms with Gasteiger partial charge in [-0.3, -0.25) is 14.9 Å². The number of likely N-dealkylation sites (tertiary alicyclic amines) is 1. The van der Waals surface area contributed by atoms with E-state index in [4.69, 9.17) is 0 Å². The molecule has 0 radical (unpaired) electrons. The van der Waals surface area contributed by atoms with Crippen LogP contribution in [-0.4, -0.2) is 27.8 Å². The number of halogens is 2. The largest absolute Gasteiger partial charge is 0.333 e. The van der Waals surface area contributed by atoms with Gasteiger partial charge in [-0.25, -0.2) is 4.39 Å². The van der Waals surface area contributed by atoms with Gasteiger partial charge in [0, 0.05) is 12.1 Å². The number of hydrogen-bond acceptors (Lipinski definition) is 3. The molecule has 7 heteroatoms. The Hall–Kier alpha value is -2.05. The van der Waals surface area contributed by atoms with E-state index in [0.29, 0.717) is 12.5 Å². The average molecular weight is 298 g/mol. The highest BCUT2D eigenvalue weighted by Crippen LogP contribution is 2.30. The number of benzene rings is 1. The second-order valence-corrected chi connectivity index (χ2v) is 5.24. The third-order valence-electron chi connectivity index (χ3n) is 3.94. The summed E-state index contributed by atoms with van der Waals surface area (Å²) in [4.78, 5) is 23.7. The van der Waals surface area contributed by atoms with E-state index in [9.17, 15) is 23.7 Å². The van der Waals surface area contributed by atoms with Gasteiger partial charge in [-0.2, -0.15) is 4.39 Å². The third-order valence-corrected chi connectivity index (χ3v) is 3.94. The van der Waals surface area contributed by atoms with Crippen LogP contribution < -0.4 is 0 Å². The molecule has 114 valence electrons. The lowest BCUT2D eigenvalue weighted by atomic mass is 10.1. The van der Waals surface area contributed by atoms with Crippen LogP contribution in [0, 0.1) is 21.7 Å². The Morgan fingerprint density at radius 2 is 2.10 bits per heavy atom. The van der Waals surface area contributed by atoms with Crippen molar-refractivity contribution in [3.05, 3.63) is 39.4 Å². The molecule has 1 aromatic rings. The van der Waals surface area contributed by atoms with Crippen LogP contribution in [0.2, 0.25) is 0 Å². The molecule has 2 rings (SSSR count). The molecule has 1 aliphatic rings. The summed E-state index contributed by atoms with van der Waals surface area (Å²) in [5.74, 6) is -2.96. The quantitative estimate of drug-likeness (QED) is 0.635. The fourth-order valence-electron chi connectivity index (χ4n) is 2.84.